The van der Waals surface area contributed by atoms with Gasteiger partial charge in [0.1, 0.15) is 0 Å². The minimum atomic E-state index is 0.0487. The molecule has 1 N–H and O–H groups in total. The smallest absolute Gasteiger partial charge is 0.227 e. The molecule has 0 saturated carbocycles. The highest BCUT2D eigenvalue weighted by Gasteiger charge is 2.21. The minimum Gasteiger partial charge on any atom is -0.353 e. The number of hydrogen-bond donors (Lipinski definition) is 1. The number of likely N-dealkylation sites (tertiary alicyclic amines) is 1. The number of hydrogen-bond acceptors (Lipinski definition) is 5. The van der Waals surface area contributed by atoms with E-state index in [-0.39, 0.29) is 11.9 Å². The average Bonchev–Trinajstić information content (AvgIpc) is 3.29. The fraction of sp³-hybridized carbons (Fsp3) is 0.423. The van der Waals surface area contributed by atoms with Crippen LogP contribution in [0.5, 0.6) is 0 Å². The molecule has 2 aromatic carbocycles. The monoisotopic (exact) mass is 432 g/mol. The van der Waals surface area contributed by atoms with Crippen LogP contribution in [0, 0.1) is 0 Å². The fourth-order valence-electron chi connectivity index (χ4n) is 4.09. The van der Waals surface area contributed by atoms with Crippen LogP contribution in [-0.4, -0.2) is 40.1 Å². The van der Waals surface area contributed by atoms with Crippen molar-refractivity contribution in [2.24, 2.45) is 0 Å². The lowest BCUT2D eigenvalue weighted by Gasteiger charge is -2.32. The number of carbonyl (C=O) groups is 1. The Kier molecular flexibility index (Phi) is 7.32. The molecular formula is C26H32N4O2. The summed E-state index contributed by atoms with van der Waals surface area (Å²) >= 11 is 0. The van der Waals surface area contributed by atoms with Crippen molar-refractivity contribution in [3.63, 3.8) is 0 Å². The molecule has 1 fully saturated rings. The third-order valence-corrected chi connectivity index (χ3v) is 6.07. The summed E-state index contributed by atoms with van der Waals surface area (Å²) in [5, 5.41) is 7.25. The van der Waals surface area contributed by atoms with Gasteiger partial charge < -0.3 is 9.84 Å². The summed E-state index contributed by atoms with van der Waals surface area (Å²) in [6.07, 6.45) is 2.78. The molecule has 0 bridgehead atoms. The molecule has 3 aromatic rings. The maximum atomic E-state index is 12.4. The number of rotatable bonds is 8. The molecular weight excluding hydrogens is 400 g/mol. The quantitative estimate of drug-likeness (QED) is 0.564. The first-order chi connectivity index (χ1) is 15.6. The molecule has 32 heavy (non-hydrogen) atoms. The molecule has 4 rings (SSSR count). The molecule has 0 aliphatic carbocycles. The second kappa shape index (κ2) is 10.6. The standard InChI is InChI=1S/C26H32N4O2/c1-19(2)21-8-10-22(11-9-21)26-28-25(32-29-26)13-12-24(31)27-23-14-16-30(17-15-23)18-20-6-4-3-5-7-20/h3-11,19,23H,12-18H2,1-2H3,(H,27,31). The van der Waals surface area contributed by atoms with Crippen molar-refractivity contribution in [1.82, 2.24) is 20.4 Å². The Balaban J connectivity index is 1.19. The highest BCUT2D eigenvalue weighted by molar-refractivity contribution is 5.76. The number of nitrogens with zero attached hydrogens (tertiary/aromatic N) is 3. The summed E-state index contributed by atoms with van der Waals surface area (Å²) < 4.78 is 5.36. The summed E-state index contributed by atoms with van der Waals surface area (Å²) in [5.41, 5.74) is 3.54. The number of aromatic nitrogens is 2. The summed E-state index contributed by atoms with van der Waals surface area (Å²) in [6, 6.07) is 19.0. The fourth-order valence-corrected chi connectivity index (χ4v) is 4.09. The van der Waals surface area contributed by atoms with Crippen LogP contribution in [0.2, 0.25) is 0 Å². The van der Waals surface area contributed by atoms with Crippen LogP contribution in [-0.2, 0) is 17.8 Å². The molecule has 0 unspecified atom stereocenters. The van der Waals surface area contributed by atoms with Crippen LogP contribution < -0.4 is 5.32 Å². The van der Waals surface area contributed by atoms with Crippen molar-refractivity contribution < 1.29 is 9.32 Å². The van der Waals surface area contributed by atoms with Gasteiger partial charge in [-0.1, -0.05) is 73.6 Å². The van der Waals surface area contributed by atoms with Gasteiger partial charge in [0.05, 0.1) is 0 Å². The second-order valence-corrected chi connectivity index (χ2v) is 8.89. The molecule has 1 aliphatic rings. The molecule has 1 saturated heterocycles. The number of piperidine rings is 1. The molecule has 1 aliphatic heterocycles. The van der Waals surface area contributed by atoms with Crippen molar-refractivity contribution in [3.05, 3.63) is 71.6 Å². The molecule has 0 atom stereocenters. The van der Waals surface area contributed by atoms with Gasteiger partial charge in [-0.15, -0.1) is 0 Å². The summed E-state index contributed by atoms with van der Waals surface area (Å²) in [5.74, 6) is 1.61. The van der Waals surface area contributed by atoms with Gasteiger partial charge in [0.25, 0.3) is 0 Å². The third kappa shape index (κ3) is 6.04. The van der Waals surface area contributed by atoms with Crippen LogP contribution >= 0.6 is 0 Å². The molecule has 6 heteroatoms. The lowest BCUT2D eigenvalue weighted by atomic mass is 10.0. The molecule has 0 spiro atoms. The van der Waals surface area contributed by atoms with E-state index >= 15 is 0 Å². The van der Waals surface area contributed by atoms with Gasteiger partial charge in [0, 0.05) is 44.1 Å². The molecule has 2 heterocycles. The van der Waals surface area contributed by atoms with Crippen LogP contribution in [0.25, 0.3) is 11.4 Å². The van der Waals surface area contributed by atoms with Crippen molar-refractivity contribution in [3.8, 4) is 11.4 Å². The van der Waals surface area contributed by atoms with Crippen molar-refractivity contribution in [2.45, 2.75) is 58.0 Å². The highest BCUT2D eigenvalue weighted by Crippen LogP contribution is 2.21. The summed E-state index contributed by atoms with van der Waals surface area (Å²) in [4.78, 5) is 19.3. The normalized spacial score (nSPS) is 15.2. The second-order valence-electron chi connectivity index (χ2n) is 8.89. The molecule has 6 nitrogen and oxygen atoms in total. The average molecular weight is 433 g/mol. The van der Waals surface area contributed by atoms with Crippen molar-refractivity contribution in [1.29, 1.82) is 0 Å². The van der Waals surface area contributed by atoms with E-state index in [2.05, 4.69) is 70.6 Å². The SMILES string of the molecule is CC(C)c1ccc(-c2noc(CCC(=O)NC3CCN(Cc4ccccc4)CC3)n2)cc1. The minimum absolute atomic E-state index is 0.0487. The van der Waals surface area contributed by atoms with Crippen LogP contribution in [0.1, 0.15) is 56.0 Å². The largest absolute Gasteiger partial charge is 0.353 e. The highest BCUT2D eigenvalue weighted by atomic mass is 16.5. The maximum absolute atomic E-state index is 12.4. The first-order valence-electron chi connectivity index (χ1n) is 11.6. The Hall–Kier alpha value is -2.99. The lowest BCUT2D eigenvalue weighted by Crippen LogP contribution is -2.44. The van der Waals surface area contributed by atoms with Gasteiger partial charge in [-0.3, -0.25) is 9.69 Å². The van der Waals surface area contributed by atoms with Gasteiger partial charge >= 0.3 is 0 Å². The van der Waals surface area contributed by atoms with Gasteiger partial charge in [-0.2, -0.15) is 4.98 Å². The molecule has 1 amide bonds. The van der Waals surface area contributed by atoms with E-state index in [1.54, 1.807) is 0 Å². The maximum Gasteiger partial charge on any atom is 0.227 e. The Labute approximate surface area is 190 Å². The first kappa shape index (κ1) is 22.2. The lowest BCUT2D eigenvalue weighted by molar-refractivity contribution is -0.122. The van der Waals surface area contributed by atoms with Crippen LogP contribution in [0.3, 0.4) is 0 Å². The van der Waals surface area contributed by atoms with Crippen molar-refractivity contribution >= 4 is 5.91 Å². The van der Waals surface area contributed by atoms with E-state index in [1.807, 2.05) is 18.2 Å². The summed E-state index contributed by atoms with van der Waals surface area (Å²) in [6.45, 7) is 7.31. The predicted molar refractivity (Wildman–Crippen MR) is 125 cm³/mol. The van der Waals surface area contributed by atoms with E-state index in [4.69, 9.17) is 4.52 Å². The van der Waals surface area contributed by atoms with Crippen LogP contribution in [0.4, 0.5) is 0 Å². The third-order valence-electron chi connectivity index (χ3n) is 6.07. The Morgan fingerprint density at radius 2 is 1.81 bits per heavy atom. The van der Waals surface area contributed by atoms with E-state index in [1.165, 1.54) is 11.1 Å². The molecule has 168 valence electrons. The van der Waals surface area contributed by atoms with Crippen LogP contribution in [0.15, 0.2) is 59.1 Å². The van der Waals surface area contributed by atoms with E-state index in [9.17, 15) is 4.79 Å². The zero-order valence-corrected chi connectivity index (χ0v) is 19.0. The number of carbonyl (C=O) groups excluding carboxylic acids is 1. The zero-order chi connectivity index (χ0) is 22.3. The zero-order valence-electron chi connectivity index (χ0n) is 19.0. The number of benzene rings is 2. The van der Waals surface area contributed by atoms with E-state index < -0.39 is 0 Å². The Morgan fingerprint density at radius 3 is 2.50 bits per heavy atom. The number of aryl methyl sites for hydroxylation is 1. The Morgan fingerprint density at radius 1 is 1.09 bits per heavy atom. The number of nitrogens with one attached hydrogen (secondary N) is 1. The van der Waals surface area contributed by atoms with Crippen molar-refractivity contribution in [2.75, 3.05) is 13.1 Å². The van der Waals surface area contributed by atoms with E-state index in [0.29, 0.717) is 30.5 Å². The van der Waals surface area contributed by atoms with Gasteiger partial charge in [-0.05, 0) is 29.9 Å². The topological polar surface area (TPSA) is 71.3 Å². The van der Waals surface area contributed by atoms with E-state index in [0.717, 1.165) is 38.0 Å². The number of amides is 1. The predicted octanol–water partition coefficient (Wildman–Crippen LogP) is 4.57. The Bertz CT molecular complexity index is 990. The van der Waals surface area contributed by atoms with Gasteiger partial charge in [0.2, 0.25) is 17.6 Å². The molecule has 0 radical (unpaired) electrons. The molecule has 1 aromatic heterocycles. The summed E-state index contributed by atoms with van der Waals surface area (Å²) in [7, 11) is 0. The van der Waals surface area contributed by atoms with Gasteiger partial charge in [-0.25, -0.2) is 0 Å². The first-order valence-corrected chi connectivity index (χ1v) is 11.6. The van der Waals surface area contributed by atoms with Gasteiger partial charge in [0.15, 0.2) is 0 Å².